The van der Waals surface area contributed by atoms with Crippen LogP contribution < -0.4 is 5.73 Å². The van der Waals surface area contributed by atoms with E-state index >= 15 is 0 Å². The SMILES string of the molecule is CCc1ccc(-c2csc3nc(N)cn23)cc1. The summed E-state index contributed by atoms with van der Waals surface area (Å²) in [7, 11) is 0. The highest BCUT2D eigenvalue weighted by atomic mass is 32.1. The lowest BCUT2D eigenvalue weighted by Gasteiger charge is -2.01. The fourth-order valence-electron chi connectivity index (χ4n) is 1.92. The van der Waals surface area contributed by atoms with Crippen LogP contribution in [0.4, 0.5) is 5.82 Å². The summed E-state index contributed by atoms with van der Waals surface area (Å²) in [6.07, 6.45) is 2.94. The molecule has 0 atom stereocenters. The molecule has 1 aromatic carbocycles. The number of benzene rings is 1. The third kappa shape index (κ3) is 1.70. The molecule has 0 unspecified atom stereocenters. The minimum atomic E-state index is 0.572. The molecule has 3 nitrogen and oxygen atoms in total. The second-order valence-electron chi connectivity index (χ2n) is 3.99. The number of nitrogen functional groups attached to an aromatic ring is 1. The van der Waals surface area contributed by atoms with Crippen molar-refractivity contribution in [3.8, 4) is 11.3 Å². The summed E-state index contributed by atoms with van der Waals surface area (Å²) in [4.78, 5) is 5.19. The number of nitrogens with zero attached hydrogens (tertiary/aromatic N) is 2. The van der Waals surface area contributed by atoms with E-state index in [-0.39, 0.29) is 0 Å². The molecule has 0 saturated heterocycles. The zero-order chi connectivity index (χ0) is 11.8. The molecule has 3 aromatic rings. The van der Waals surface area contributed by atoms with Gasteiger partial charge in [-0.05, 0) is 17.5 Å². The average Bonchev–Trinajstić information content (AvgIpc) is 2.88. The van der Waals surface area contributed by atoms with E-state index < -0.39 is 0 Å². The molecule has 4 heteroatoms. The highest BCUT2D eigenvalue weighted by Gasteiger charge is 2.07. The molecule has 0 aliphatic carbocycles. The lowest BCUT2D eigenvalue weighted by Crippen LogP contribution is -1.86. The van der Waals surface area contributed by atoms with Gasteiger partial charge in [0.2, 0.25) is 0 Å². The van der Waals surface area contributed by atoms with Crippen LogP contribution in [0.1, 0.15) is 12.5 Å². The van der Waals surface area contributed by atoms with E-state index in [1.165, 1.54) is 11.1 Å². The second kappa shape index (κ2) is 3.89. The minimum absolute atomic E-state index is 0.572. The van der Waals surface area contributed by atoms with Gasteiger partial charge < -0.3 is 5.73 Å². The molecule has 0 fully saturated rings. The number of aryl methyl sites for hydroxylation is 1. The lowest BCUT2D eigenvalue weighted by atomic mass is 10.1. The third-order valence-corrected chi connectivity index (χ3v) is 3.73. The van der Waals surface area contributed by atoms with Crippen molar-refractivity contribution < 1.29 is 0 Å². The maximum Gasteiger partial charge on any atom is 0.196 e. The first kappa shape index (κ1) is 10.4. The van der Waals surface area contributed by atoms with E-state index in [2.05, 4.69) is 41.6 Å². The van der Waals surface area contributed by atoms with Gasteiger partial charge in [-0.1, -0.05) is 31.2 Å². The predicted molar refractivity (Wildman–Crippen MR) is 72.3 cm³/mol. The van der Waals surface area contributed by atoms with E-state index in [9.17, 15) is 0 Å². The lowest BCUT2D eigenvalue weighted by molar-refractivity contribution is 1.14. The molecular formula is C13H13N3S. The van der Waals surface area contributed by atoms with Crippen molar-refractivity contribution in [1.82, 2.24) is 9.38 Å². The van der Waals surface area contributed by atoms with Crippen molar-refractivity contribution in [2.75, 3.05) is 5.73 Å². The normalized spacial score (nSPS) is 11.1. The van der Waals surface area contributed by atoms with Crippen molar-refractivity contribution in [3.63, 3.8) is 0 Å². The van der Waals surface area contributed by atoms with Crippen molar-refractivity contribution >= 4 is 22.1 Å². The van der Waals surface area contributed by atoms with Gasteiger partial charge in [0.05, 0.1) is 11.9 Å². The summed E-state index contributed by atoms with van der Waals surface area (Å²) in [5, 5.41) is 2.11. The number of aromatic nitrogens is 2. The Morgan fingerprint density at radius 2 is 2.06 bits per heavy atom. The first-order valence-electron chi connectivity index (χ1n) is 5.59. The van der Waals surface area contributed by atoms with Gasteiger partial charge in [-0.2, -0.15) is 0 Å². The topological polar surface area (TPSA) is 43.3 Å². The number of nitrogens with two attached hydrogens (primary N) is 1. The fourth-order valence-corrected chi connectivity index (χ4v) is 2.81. The minimum Gasteiger partial charge on any atom is -0.382 e. The molecule has 0 saturated carbocycles. The van der Waals surface area contributed by atoms with Gasteiger partial charge in [0.15, 0.2) is 4.96 Å². The first-order valence-corrected chi connectivity index (χ1v) is 6.47. The van der Waals surface area contributed by atoms with Gasteiger partial charge in [-0.25, -0.2) is 4.98 Å². The van der Waals surface area contributed by atoms with Gasteiger partial charge in [-0.3, -0.25) is 4.40 Å². The molecule has 2 heterocycles. The van der Waals surface area contributed by atoms with Crippen LogP contribution in [0.25, 0.3) is 16.2 Å². The largest absolute Gasteiger partial charge is 0.382 e. The van der Waals surface area contributed by atoms with Crippen LogP contribution in [-0.4, -0.2) is 9.38 Å². The van der Waals surface area contributed by atoms with E-state index in [0.717, 1.165) is 17.1 Å². The van der Waals surface area contributed by atoms with E-state index in [4.69, 9.17) is 5.73 Å². The number of anilines is 1. The Hall–Kier alpha value is -1.81. The van der Waals surface area contributed by atoms with Crippen LogP contribution in [0.3, 0.4) is 0 Å². The number of imidazole rings is 1. The average molecular weight is 243 g/mol. The molecule has 0 aliphatic rings. The smallest absolute Gasteiger partial charge is 0.196 e. The summed E-state index contributed by atoms with van der Waals surface area (Å²) in [6, 6.07) is 8.63. The molecule has 0 aliphatic heterocycles. The predicted octanol–water partition coefficient (Wildman–Crippen LogP) is 3.21. The zero-order valence-corrected chi connectivity index (χ0v) is 10.4. The number of rotatable bonds is 2. The third-order valence-electron chi connectivity index (χ3n) is 2.89. The summed E-state index contributed by atoms with van der Waals surface area (Å²) in [6.45, 7) is 2.16. The molecule has 2 N–H and O–H groups in total. The Kier molecular flexibility index (Phi) is 2.37. The Balaban J connectivity index is 2.12. The number of fused-ring (bicyclic) bond motifs is 1. The molecule has 2 aromatic heterocycles. The maximum absolute atomic E-state index is 5.70. The number of hydrogen-bond donors (Lipinski definition) is 1. The van der Waals surface area contributed by atoms with Crippen LogP contribution in [0.5, 0.6) is 0 Å². The molecule has 0 bridgehead atoms. The summed E-state index contributed by atoms with van der Waals surface area (Å²) in [5.74, 6) is 0.572. The molecule has 0 amide bonds. The van der Waals surface area contributed by atoms with Crippen LogP contribution in [0.2, 0.25) is 0 Å². The Morgan fingerprint density at radius 3 is 2.76 bits per heavy atom. The standard InChI is InChI=1S/C13H13N3S/c1-2-9-3-5-10(6-4-9)11-8-17-13-15-12(14)7-16(11)13/h3-8H,2,14H2,1H3. The number of thiazole rings is 1. The van der Waals surface area contributed by atoms with Crippen molar-refractivity contribution in [2.24, 2.45) is 0 Å². The van der Waals surface area contributed by atoms with Crippen molar-refractivity contribution in [3.05, 3.63) is 41.4 Å². The van der Waals surface area contributed by atoms with Gasteiger partial charge in [0, 0.05) is 5.38 Å². The monoisotopic (exact) mass is 243 g/mol. The Morgan fingerprint density at radius 1 is 1.29 bits per heavy atom. The van der Waals surface area contributed by atoms with Crippen molar-refractivity contribution in [1.29, 1.82) is 0 Å². The fraction of sp³-hybridized carbons (Fsp3) is 0.154. The van der Waals surface area contributed by atoms with Gasteiger partial charge in [0.25, 0.3) is 0 Å². The maximum atomic E-state index is 5.70. The quantitative estimate of drug-likeness (QED) is 0.751. The number of hydrogen-bond acceptors (Lipinski definition) is 3. The van der Waals surface area contributed by atoms with Gasteiger partial charge in [0.1, 0.15) is 5.82 Å². The van der Waals surface area contributed by atoms with Gasteiger partial charge >= 0.3 is 0 Å². The van der Waals surface area contributed by atoms with Crippen LogP contribution in [-0.2, 0) is 6.42 Å². The zero-order valence-electron chi connectivity index (χ0n) is 9.55. The summed E-state index contributed by atoms with van der Waals surface area (Å²) >= 11 is 1.61. The second-order valence-corrected chi connectivity index (χ2v) is 4.83. The molecular weight excluding hydrogens is 230 g/mol. The van der Waals surface area contributed by atoms with Crippen LogP contribution in [0.15, 0.2) is 35.8 Å². The van der Waals surface area contributed by atoms with Crippen LogP contribution >= 0.6 is 11.3 Å². The van der Waals surface area contributed by atoms with E-state index in [1.807, 2.05) is 10.6 Å². The molecule has 17 heavy (non-hydrogen) atoms. The molecule has 0 radical (unpaired) electrons. The van der Waals surface area contributed by atoms with Crippen LogP contribution in [0, 0.1) is 0 Å². The molecule has 3 rings (SSSR count). The summed E-state index contributed by atoms with van der Waals surface area (Å²) < 4.78 is 2.04. The molecule has 0 spiro atoms. The van der Waals surface area contributed by atoms with E-state index in [0.29, 0.717) is 5.82 Å². The first-order chi connectivity index (χ1) is 8.28. The Labute approximate surface area is 104 Å². The highest BCUT2D eigenvalue weighted by molar-refractivity contribution is 7.15. The molecule has 86 valence electrons. The highest BCUT2D eigenvalue weighted by Crippen LogP contribution is 2.27. The van der Waals surface area contributed by atoms with Crippen molar-refractivity contribution in [2.45, 2.75) is 13.3 Å². The Bertz CT molecular complexity index is 649. The van der Waals surface area contributed by atoms with Gasteiger partial charge in [-0.15, -0.1) is 11.3 Å². The van der Waals surface area contributed by atoms with E-state index in [1.54, 1.807) is 11.3 Å². The summed E-state index contributed by atoms with van der Waals surface area (Å²) in [5.41, 5.74) is 9.40.